The highest BCUT2D eigenvalue weighted by atomic mass is 35.5. The van der Waals surface area contributed by atoms with E-state index in [9.17, 15) is 8.42 Å². The summed E-state index contributed by atoms with van der Waals surface area (Å²) in [4.78, 5) is 0.245. The van der Waals surface area contributed by atoms with Gasteiger partial charge in [0, 0.05) is 13.1 Å². The van der Waals surface area contributed by atoms with Gasteiger partial charge in [-0.05, 0) is 49.6 Å². The van der Waals surface area contributed by atoms with E-state index in [4.69, 9.17) is 11.6 Å². The monoisotopic (exact) mass is 350 g/mol. The highest BCUT2D eigenvalue weighted by Gasteiger charge is 2.33. The normalized spacial score (nSPS) is 17.7. The van der Waals surface area contributed by atoms with Gasteiger partial charge in [-0.1, -0.05) is 29.8 Å². The molecule has 0 saturated carbocycles. The number of fused-ring (bicyclic) bond motifs is 1. The molecule has 1 heterocycles. The molecule has 0 aromatic heterocycles. The molecule has 4 nitrogen and oxygen atoms in total. The Morgan fingerprint density at radius 2 is 1.96 bits per heavy atom. The number of benzene rings is 2. The van der Waals surface area contributed by atoms with Crippen LogP contribution >= 0.6 is 11.6 Å². The molecule has 2 aromatic rings. The van der Waals surface area contributed by atoms with Crippen LogP contribution in [0.3, 0.4) is 0 Å². The van der Waals surface area contributed by atoms with Crippen molar-refractivity contribution in [2.45, 2.75) is 30.7 Å². The molecule has 122 valence electrons. The van der Waals surface area contributed by atoms with Crippen LogP contribution in [0.5, 0.6) is 0 Å². The molecule has 0 bridgehead atoms. The van der Waals surface area contributed by atoms with E-state index in [1.165, 1.54) is 4.31 Å². The number of rotatable bonds is 3. The third-order valence-electron chi connectivity index (χ3n) is 4.22. The van der Waals surface area contributed by atoms with Crippen LogP contribution < -0.4 is 9.62 Å². The third kappa shape index (κ3) is 2.79. The summed E-state index contributed by atoms with van der Waals surface area (Å²) in [5.41, 5.74) is 2.44. The lowest BCUT2D eigenvalue weighted by Gasteiger charge is -2.36. The van der Waals surface area contributed by atoms with Gasteiger partial charge in [-0.2, -0.15) is 0 Å². The summed E-state index contributed by atoms with van der Waals surface area (Å²) >= 11 is 6.07. The number of hydrogen-bond donors (Lipinski definition) is 1. The van der Waals surface area contributed by atoms with Crippen LogP contribution in [0.25, 0.3) is 0 Å². The van der Waals surface area contributed by atoms with Crippen LogP contribution in [-0.2, 0) is 16.4 Å². The van der Waals surface area contributed by atoms with Gasteiger partial charge >= 0.3 is 0 Å². The SMILES string of the molecule is CNc1cc(S(=O)(=O)N2c3ccccc3CCC2C)ccc1Cl. The fourth-order valence-electron chi connectivity index (χ4n) is 2.99. The van der Waals surface area contributed by atoms with Crippen LogP contribution in [-0.4, -0.2) is 21.5 Å². The number of aryl methyl sites for hydroxylation is 1. The minimum Gasteiger partial charge on any atom is -0.387 e. The standard InChI is InChI=1S/C17H19ClN2O2S/c1-12-7-8-13-5-3-4-6-17(13)20(12)23(21,22)14-9-10-15(18)16(11-14)19-2/h3-6,9-12,19H,7-8H2,1-2H3. The predicted molar refractivity (Wildman–Crippen MR) is 94.9 cm³/mol. The molecule has 0 aliphatic carbocycles. The summed E-state index contributed by atoms with van der Waals surface area (Å²) in [5, 5.41) is 3.42. The van der Waals surface area contributed by atoms with Crippen molar-refractivity contribution >= 4 is 33.0 Å². The van der Waals surface area contributed by atoms with Crippen LogP contribution in [0.15, 0.2) is 47.4 Å². The van der Waals surface area contributed by atoms with Crippen molar-refractivity contribution in [2.24, 2.45) is 0 Å². The quantitative estimate of drug-likeness (QED) is 0.913. The number of sulfonamides is 1. The van der Waals surface area contributed by atoms with Gasteiger partial charge in [0.15, 0.2) is 0 Å². The Morgan fingerprint density at radius 1 is 1.22 bits per heavy atom. The molecule has 1 aliphatic rings. The van der Waals surface area contributed by atoms with Gasteiger partial charge in [-0.3, -0.25) is 4.31 Å². The van der Waals surface area contributed by atoms with Gasteiger partial charge in [0.25, 0.3) is 10.0 Å². The van der Waals surface area contributed by atoms with Crippen molar-refractivity contribution in [1.82, 2.24) is 0 Å². The van der Waals surface area contributed by atoms with E-state index in [1.54, 1.807) is 25.2 Å². The van der Waals surface area contributed by atoms with Crippen LogP contribution in [0, 0.1) is 0 Å². The molecule has 1 N–H and O–H groups in total. The zero-order valence-corrected chi connectivity index (χ0v) is 14.7. The van der Waals surface area contributed by atoms with Crippen molar-refractivity contribution in [2.75, 3.05) is 16.7 Å². The zero-order valence-electron chi connectivity index (χ0n) is 13.1. The predicted octanol–water partition coefficient (Wildman–Crippen LogP) is 3.91. The highest BCUT2D eigenvalue weighted by Crippen LogP contribution is 2.36. The highest BCUT2D eigenvalue weighted by molar-refractivity contribution is 7.92. The Balaban J connectivity index is 2.13. The van der Waals surface area contributed by atoms with E-state index in [1.807, 2.05) is 31.2 Å². The van der Waals surface area contributed by atoms with Gasteiger partial charge < -0.3 is 5.32 Å². The number of nitrogens with one attached hydrogen (secondary N) is 1. The molecule has 1 atom stereocenters. The minimum atomic E-state index is -3.64. The molecule has 1 unspecified atom stereocenters. The fourth-order valence-corrected chi connectivity index (χ4v) is 4.95. The van der Waals surface area contributed by atoms with Crippen LogP contribution in [0.2, 0.25) is 5.02 Å². The van der Waals surface area contributed by atoms with Crippen molar-refractivity contribution in [3.63, 3.8) is 0 Å². The molecule has 0 fully saturated rings. The summed E-state index contributed by atoms with van der Waals surface area (Å²) < 4.78 is 27.9. The summed E-state index contributed by atoms with van der Waals surface area (Å²) in [6.45, 7) is 1.95. The molecule has 3 rings (SSSR count). The maximum atomic E-state index is 13.2. The summed E-state index contributed by atoms with van der Waals surface area (Å²) in [7, 11) is -1.92. The lowest BCUT2D eigenvalue weighted by Crippen LogP contribution is -2.42. The first-order valence-electron chi connectivity index (χ1n) is 7.55. The van der Waals surface area contributed by atoms with Gasteiger partial charge in [0.1, 0.15) is 0 Å². The lowest BCUT2D eigenvalue weighted by molar-refractivity contribution is 0.563. The van der Waals surface area contributed by atoms with Gasteiger partial charge in [0.05, 0.1) is 21.3 Å². The molecule has 0 spiro atoms. The second kappa shape index (κ2) is 6.06. The summed E-state index contributed by atoms with van der Waals surface area (Å²) in [5.74, 6) is 0. The molecule has 23 heavy (non-hydrogen) atoms. The van der Waals surface area contributed by atoms with E-state index in [-0.39, 0.29) is 10.9 Å². The Kier molecular flexibility index (Phi) is 4.25. The number of para-hydroxylation sites is 1. The number of halogens is 1. The molecule has 0 amide bonds. The number of anilines is 2. The second-order valence-corrected chi connectivity index (χ2v) is 7.93. The smallest absolute Gasteiger partial charge is 0.264 e. The third-order valence-corrected chi connectivity index (χ3v) is 6.48. The molecule has 0 radical (unpaired) electrons. The first-order chi connectivity index (χ1) is 10.9. The van der Waals surface area contributed by atoms with Gasteiger partial charge in [0.2, 0.25) is 0 Å². The first-order valence-corrected chi connectivity index (χ1v) is 9.36. The largest absolute Gasteiger partial charge is 0.387 e. The Morgan fingerprint density at radius 3 is 2.70 bits per heavy atom. The van der Waals surface area contributed by atoms with E-state index >= 15 is 0 Å². The van der Waals surface area contributed by atoms with Crippen molar-refractivity contribution in [3.8, 4) is 0 Å². The van der Waals surface area contributed by atoms with Gasteiger partial charge in [-0.15, -0.1) is 0 Å². The minimum absolute atomic E-state index is 0.0800. The maximum absolute atomic E-state index is 13.2. The van der Waals surface area contributed by atoms with Crippen molar-refractivity contribution in [3.05, 3.63) is 53.1 Å². The molecule has 1 aliphatic heterocycles. The van der Waals surface area contributed by atoms with Crippen LogP contribution in [0.4, 0.5) is 11.4 Å². The zero-order chi connectivity index (χ0) is 16.6. The van der Waals surface area contributed by atoms with E-state index in [2.05, 4.69) is 5.32 Å². The maximum Gasteiger partial charge on any atom is 0.264 e. The number of hydrogen-bond acceptors (Lipinski definition) is 3. The number of nitrogens with zero attached hydrogens (tertiary/aromatic N) is 1. The summed E-state index contributed by atoms with van der Waals surface area (Å²) in [6, 6.07) is 12.4. The van der Waals surface area contributed by atoms with E-state index in [0.29, 0.717) is 10.7 Å². The summed E-state index contributed by atoms with van der Waals surface area (Å²) in [6.07, 6.45) is 1.70. The van der Waals surface area contributed by atoms with Crippen LogP contribution in [0.1, 0.15) is 18.9 Å². The average Bonchev–Trinajstić information content (AvgIpc) is 2.54. The van der Waals surface area contributed by atoms with Crippen molar-refractivity contribution < 1.29 is 8.42 Å². The van der Waals surface area contributed by atoms with Crippen molar-refractivity contribution in [1.29, 1.82) is 0 Å². The topological polar surface area (TPSA) is 49.4 Å². The first kappa shape index (κ1) is 16.1. The lowest BCUT2D eigenvalue weighted by atomic mass is 9.99. The second-order valence-electron chi connectivity index (χ2n) is 5.71. The van der Waals surface area contributed by atoms with E-state index < -0.39 is 10.0 Å². The molecule has 2 aromatic carbocycles. The Hall–Kier alpha value is -1.72. The molecular formula is C17H19ClN2O2S. The molecule has 0 saturated heterocycles. The fraction of sp³-hybridized carbons (Fsp3) is 0.294. The molecule has 6 heteroatoms. The van der Waals surface area contributed by atoms with Gasteiger partial charge in [-0.25, -0.2) is 8.42 Å². The average molecular weight is 351 g/mol. The Labute approximate surface area is 142 Å². The molecular weight excluding hydrogens is 332 g/mol. The van der Waals surface area contributed by atoms with E-state index in [0.717, 1.165) is 24.1 Å². The Bertz CT molecular complexity index is 836.